The predicted octanol–water partition coefficient (Wildman–Crippen LogP) is 3.75. The first-order chi connectivity index (χ1) is 11.6. The van der Waals surface area contributed by atoms with Crippen LogP contribution in [-0.4, -0.2) is 22.5 Å². The second-order valence-corrected chi connectivity index (χ2v) is 6.38. The van der Waals surface area contributed by atoms with E-state index in [1.807, 2.05) is 12.1 Å². The lowest BCUT2D eigenvalue weighted by Crippen LogP contribution is -2.28. The summed E-state index contributed by atoms with van der Waals surface area (Å²) in [4.78, 5) is 20.3. The minimum atomic E-state index is -0.129. The molecular formula is C17H17Cl2N3O2. The normalized spacial score (nSPS) is 16.7. The number of rotatable bonds is 4. The fourth-order valence-corrected chi connectivity index (χ4v) is 3.08. The number of carbonyl (C=O) groups is 1. The molecule has 1 amide bonds. The Morgan fingerprint density at radius 3 is 3.00 bits per heavy atom. The molecule has 1 N–H and O–H groups in total. The molecule has 0 saturated carbocycles. The Balaban J connectivity index is 1.69. The van der Waals surface area contributed by atoms with Crippen molar-refractivity contribution in [2.45, 2.75) is 31.7 Å². The maximum atomic E-state index is 12.3. The van der Waals surface area contributed by atoms with Crippen LogP contribution in [0, 0.1) is 0 Å². The van der Waals surface area contributed by atoms with Gasteiger partial charge in [-0.3, -0.25) is 4.79 Å². The van der Waals surface area contributed by atoms with Crippen molar-refractivity contribution >= 4 is 29.1 Å². The summed E-state index contributed by atoms with van der Waals surface area (Å²) in [5, 5.41) is 3.92. The molecule has 3 rings (SSSR count). The van der Waals surface area contributed by atoms with Crippen LogP contribution in [0.5, 0.6) is 5.75 Å². The molecule has 1 atom stereocenters. The lowest BCUT2D eigenvalue weighted by atomic mass is 10.0. The highest BCUT2D eigenvalue weighted by Crippen LogP contribution is 2.40. The minimum Gasteiger partial charge on any atom is -0.492 e. The number of benzene rings is 1. The van der Waals surface area contributed by atoms with E-state index in [1.165, 1.54) is 6.33 Å². The predicted molar refractivity (Wildman–Crippen MR) is 92.4 cm³/mol. The van der Waals surface area contributed by atoms with Crippen LogP contribution in [-0.2, 0) is 11.2 Å². The fourth-order valence-electron chi connectivity index (χ4n) is 2.71. The van der Waals surface area contributed by atoms with Crippen LogP contribution in [0.15, 0.2) is 30.7 Å². The molecule has 24 heavy (non-hydrogen) atoms. The molecule has 7 heteroatoms. The zero-order valence-electron chi connectivity index (χ0n) is 13.0. The van der Waals surface area contributed by atoms with Gasteiger partial charge in [0, 0.05) is 23.9 Å². The molecule has 5 nitrogen and oxygen atoms in total. The standard InChI is InChI=1S/C17H17Cl2N3O2/c18-13-5-4-12-14(2-1-9-24-17(12)16(13)19)22-15(23)6-3-11-7-8-20-10-21-11/h4-5,7-8,10,14H,1-3,6,9H2,(H,22,23). The summed E-state index contributed by atoms with van der Waals surface area (Å²) in [5.41, 5.74) is 1.72. The molecule has 0 aliphatic carbocycles. The number of nitrogens with one attached hydrogen (secondary N) is 1. The average molecular weight is 366 g/mol. The van der Waals surface area contributed by atoms with Crippen molar-refractivity contribution in [2.75, 3.05) is 6.61 Å². The lowest BCUT2D eigenvalue weighted by molar-refractivity contribution is -0.121. The summed E-state index contributed by atoms with van der Waals surface area (Å²) < 4.78 is 5.72. The molecule has 2 aromatic rings. The Bertz CT molecular complexity index is 725. The highest BCUT2D eigenvalue weighted by molar-refractivity contribution is 6.43. The second kappa shape index (κ2) is 7.81. The quantitative estimate of drug-likeness (QED) is 0.895. The number of amides is 1. The van der Waals surface area contributed by atoms with Crippen molar-refractivity contribution in [2.24, 2.45) is 0 Å². The first-order valence-corrected chi connectivity index (χ1v) is 8.55. The van der Waals surface area contributed by atoms with E-state index in [9.17, 15) is 4.79 Å². The highest BCUT2D eigenvalue weighted by Gasteiger charge is 2.24. The van der Waals surface area contributed by atoms with Crippen LogP contribution >= 0.6 is 23.2 Å². The van der Waals surface area contributed by atoms with Gasteiger partial charge in [0.1, 0.15) is 17.1 Å². The van der Waals surface area contributed by atoms with Crippen LogP contribution in [0.2, 0.25) is 10.0 Å². The van der Waals surface area contributed by atoms with Gasteiger partial charge in [0.25, 0.3) is 0 Å². The number of hydrogen-bond acceptors (Lipinski definition) is 4. The SMILES string of the molecule is O=C(CCc1ccncn1)NC1CCCOc2c1ccc(Cl)c2Cl. The summed E-state index contributed by atoms with van der Waals surface area (Å²) in [6.07, 6.45) is 5.73. The van der Waals surface area contributed by atoms with Gasteiger partial charge in [-0.25, -0.2) is 9.97 Å². The van der Waals surface area contributed by atoms with Gasteiger partial charge >= 0.3 is 0 Å². The molecule has 0 bridgehead atoms. The third-order valence-electron chi connectivity index (χ3n) is 3.93. The number of carbonyl (C=O) groups excluding carboxylic acids is 1. The Hall–Kier alpha value is -1.85. The summed E-state index contributed by atoms with van der Waals surface area (Å²) in [7, 11) is 0. The Labute approximate surface area is 150 Å². The molecule has 126 valence electrons. The third-order valence-corrected chi connectivity index (χ3v) is 4.71. The van der Waals surface area contributed by atoms with Crippen molar-refractivity contribution in [3.63, 3.8) is 0 Å². The molecule has 1 unspecified atom stereocenters. The maximum Gasteiger partial charge on any atom is 0.220 e. The van der Waals surface area contributed by atoms with Gasteiger partial charge in [0.15, 0.2) is 0 Å². The fraction of sp³-hybridized carbons (Fsp3) is 0.353. The van der Waals surface area contributed by atoms with Crippen LogP contribution in [0.4, 0.5) is 0 Å². The Morgan fingerprint density at radius 2 is 2.21 bits per heavy atom. The van der Waals surface area contributed by atoms with E-state index in [-0.39, 0.29) is 11.9 Å². The van der Waals surface area contributed by atoms with Crippen LogP contribution in [0.1, 0.15) is 36.6 Å². The number of fused-ring (bicyclic) bond motifs is 1. The number of hydrogen-bond donors (Lipinski definition) is 1. The van der Waals surface area contributed by atoms with Crippen molar-refractivity contribution in [3.05, 3.63) is 52.0 Å². The van der Waals surface area contributed by atoms with E-state index in [2.05, 4.69) is 15.3 Å². The first-order valence-electron chi connectivity index (χ1n) is 7.80. The maximum absolute atomic E-state index is 12.3. The van der Waals surface area contributed by atoms with E-state index in [0.717, 1.165) is 24.1 Å². The van der Waals surface area contributed by atoms with Gasteiger partial charge in [0.05, 0.1) is 17.7 Å². The van der Waals surface area contributed by atoms with Gasteiger partial charge < -0.3 is 10.1 Å². The smallest absolute Gasteiger partial charge is 0.220 e. The van der Waals surface area contributed by atoms with E-state index in [4.69, 9.17) is 27.9 Å². The second-order valence-electron chi connectivity index (χ2n) is 5.59. The third kappa shape index (κ3) is 3.97. The van der Waals surface area contributed by atoms with Gasteiger partial charge in [0.2, 0.25) is 5.91 Å². The summed E-state index contributed by atoms with van der Waals surface area (Å²) >= 11 is 12.3. The number of ether oxygens (including phenoxy) is 1. The summed E-state index contributed by atoms with van der Waals surface area (Å²) in [6, 6.07) is 5.28. The highest BCUT2D eigenvalue weighted by atomic mass is 35.5. The zero-order chi connectivity index (χ0) is 16.9. The van der Waals surface area contributed by atoms with Crippen LogP contribution in [0.25, 0.3) is 0 Å². The largest absolute Gasteiger partial charge is 0.492 e. The van der Waals surface area contributed by atoms with Gasteiger partial charge in [-0.05, 0) is 31.4 Å². The average Bonchev–Trinajstić information content (AvgIpc) is 2.80. The monoisotopic (exact) mass is 365 g/mol. The molecule has 0 saturated heterocycles. The molecule has 1 aromatic heterocycles. The molecule has 0 radical (unpaired) electrons. The zero-order valence-corrected chi connectivity index (χ0v) is 14.5. The van der Waals surface area contributed by atoms with Gasteiger partial charge in [-0.2, -0.15) is 0 Å². The van der Waals surface area contributed by atoms with Crippen molar-refractivity contribution in [1.29, 1.82) is 0 Å². The van der Waals surface area contributed by atoms with Crippen molar-refractivity contribution in [3.8, 4) is 5.75 Å². The van der Waals surface area contributed by atoms with Crippen LogP contribution in [0.3, 0.4) is 0 Å². The molecule has 0 spiro atoms. The number of halogens is 2. The number of aryl methyl sites for hydroxylation is 1. The number of nitrogens with zero attached hydrogens (tertiary/aromatic N) is 2. The summed E-state index contributed by atoms with van der Waals surface area (Å²) in [6.45, 7) is 0.556. The molecule has 1 aliphatic rings. The molecule has 0 fully saturated rings. The molecular weight excluding hydrogens is 349 g/mol. The Kier molecular flexibility index (Phi) is 5.53. The molecule has 1 aliphatic heterocycles. The minimum absolute atomic E-state index is 0.0301. The summed E-state index contributed by atoms with van der Waals surface area (Å²) in [5.74, 6) is 0.542. The lowest BCUT2D eigenvalue weighted by Gasteiger charge is -2.19. The topological polar surface area (TPSA) is 64.1 Å². The number of aromatic nitrogens is 2. The molecule has 1 aromatic carbocycles. The van der Waals surface area contributed by atoms with E-state index < -0.39 is 0 Å². The van der Waals surface area contributed by atoms with Gasteiger partial charge in [-0.1, -0.05) is 29.3 Å². The Morgan fingerprint density at radius 1 is 1.33 bits per heavy atom. The van der Waals surface area contributed by atoms with Gasteiger partial charge in [-0.15, -0.1) is 0 Å². The van der Waals surface area contributed by atoms with E-state index in [0.29, 0.717) is 35.2 Å². The van der Waals surface area contributed by atoms with E-state index >= 15 is 0 Å². The van der Waals surface area contributed by atoms with Crippen molar-refractivity contribution < 1.29 is 9.53 Å². The first kappa shape index (κ1) is 17.0. The molecule has 2 heterocycles. The van der Waals surface area contributed by atoms with E-state index in [1.54, 1.807) is 12.3 Å². The van der Waals surface area contributed by atoms with Crippen molar-refractivity contribution in [1.82, 2.24) is 15.3 Å². The van der Waals surface area contributed by atoms with Crippen LogP contribution < -0.4 is 10.1 Å².